The summed E-state index contributed by atoms with van der Waals surface area (Å²) in [6.45, 7) is 0. The quantitative estimate of drug-likeness (QED) is 0.826. The number of hydrogen-bond acceptors (Lipinski definition) is 3. The maximum atomic E-state index is 11.9. The monoisotopic (exact) mass is 331 g/mol. The van der Waals surface area contributed by atoms with E-state index in [1.807, 2.05) is 6.07 Å². The fourth-order valence-electron chi connectivity index (χ4n) is 2.23. The number of anilines is 1. The Morgan fingerprint density at radius 2 is 1.72 bits per heavy atom. The lowest BCUT2D eigenvalue weighted by Crippen LogP contribution is -2.25. The zero-order valence-corrected chi connectivity index (χ0v) is 13.5. The molecule has 0 radical (unpaired) electrons. The molecule has 5 nitrogen and oxygen atoms in total. The van der Waals surface area contributed by atoms with Crippen molar-refractivity contribution in [3.8, 4) is 6.07 Å². The van der Waals surface area contributed by atoms with Crippen LogP contribution in [-0.2, 0) is 4.79 Å². The Morgan fingerprint density at radius 3 is 2.32 bits per heavy atom. The van der Waals surface area contributed by atoms with Crippen LogP contribution < -0.4 is 10.6 Å². The molecule has 1 aliphatic carbocycles. The van der Waals surface area contributed by atoms with Crippen LogP contribution in [0.2, 0.25) is 0 Å². The van der Waals surface area contributed by atoms with Gasteiger partial charge in [-0.25, -0.2) is 0 Å². The Bertz CT molecular complexity index is 842. The number of hydrogen-bond donors (Lipinski definition) is 2. The van der Waals surface area contributed by atoms with Crippen LogP contribution >= 0.6 is 0 Å². The van der Waals surface area contributed by atoms with Gasteiger partial charge in [0.15, 0.2) is 0 Å². The normalized spacial score (nSPS) is 13.2. The van der Waals surface area contributed by atoms with Crippen molar-refractivity contribution in [2.75, 3.05) is 5.32 Å². The summed E-state index contributed by atoms with van der Waals surface area (Å²) in [4.78, 5) is 23.8. The van der Waals surface area contributed by atoms with E-state index in [0.717, 1.165) is 18.4 Å². The molecule has 0 bridgehead atoms. The molecule has 25 heavy (non-hydrogen) atoms. The van der Waals surface area contributed by atoms with Crippen molar-refractivity contribution in [2.45, 2.75) is 18.9 Å². The molecule has 0 spiro atoms. The van der Waals surface area contributed by atoms with Gasteiger partial charge in [-0.1, -0.05) is 12.1 Å². The zero-order chi connectivity index (χ0) is 17.6. The minimum absolute atomic E-state index is 0.0587. The largest absolute Gasteiger partial charge is 0.349 e. The third-order valence-electron chi connectivity index (χ3n) is 3.79. The highest BCUT2D eigenvalue weighted by atomic mass is 16.2. The molecule has 1 saturated carbocycles. The fourth-order valence-corrected chi connectivity index (χ4v) is 2.23. The first-order valence-electron chi connectivity index (χ1n) is 8.04. The smallest absolute Gasteiger partial charge is 0.251 e. The summed E-state index contributed by atoms with van der Waals surface area (Å²) >= 11 is 0. The summed E-state index contributed by atoms with van der Waals surface area (Å²) in [6, 6.07) is 16.1. The van der Waals surface area contributed by atoms with Gasteiger partial charge in [0.1, 0.15) is 0 Å². The number of nitrogens with one attached hydrogen (secondary N) is 2. The summed E-state index contributed by atoms with van der Waals surface area (Å²) in [7, 11) is 0. The highest BCUT2D eigenvalue weighted by Gasteiger charge is 2.23. The van der Waals surface area contributed by atoms with Crippen LogP contribution in [0, 0.1) is 11.3 Å². The van der Waals surface area contributed by atoms with Gasteiger partial charge in [0.05, 0.1) is 11.6 Å². The number of amides is 2. The standard InChI is InChI=1S/C20H17N3O2/c21-13-15-3-8-17(9-4-15)22-19(24)12-5-14-1-6-16(7-2-14)20(25)23-18-10-11-18/h1-9,12,18H,10-11H2,(H,22,24)(H,23,25)/b12-5+. The van der Waals surface area contributed by atoms with Crippen molar-refractivity contribution in [2.24, 2.45) is 0 Å². The molecule has 124 valence electrons. The van der Waals surface area contributed by atoms with E-state index in [0.29, 0.717) is 22.9 Å². The van der Waals surface area contributed by atoms with E-state index in [9.17, 15) is 9.59 Å². The average molecular weight is 331 g/mol. The summed E-state index contributed by atoms with van der Waals surface area (Å²) in [5.41, 5.74) is 2.61. The molecule has 0 aromatic heterocycles. The van der Waals surface area contributed by atoms with Crippen LogP contribution in [0.5, 0.6) is 0 Å². The van der Waals surface area contributed by atoms with Crippen molar-refractivity contribution >= 4 is 23.6 Å². The zero-order valence-electron chi connectivity index (χ0n) is 13.5. The summed E-state index contributed by atoms with van der Waals surface area (Å²) in [6.07, 6.45) is 5.22. The van der Waals surface area contributed by atoms with E-state index < -0.39 is 0 Å². The van der Waals surface area contributed by atoms with Gasteiger partial charge in [-0.3, -0.25) is 9.59 Å². The van der Waals surface area contributed by atoms with E-state index in [1.165, 1.54) is 6.08 Å². The highest BCUT2D eigenvalue weighted by molar-refractivity contribution is 6.02. The lowest BCUT2D eigenvalue weighted by molar-refractivity contribution is -0.111. The number of rotatable bonds is 5. The van der Waals surface area contributed by atoms with Crippen molar-refractivity contribution in [3.63, 3.8) is 0 Å². The Hall–Kier alpha value is -3.39. The van der Waals surface area contributed by atoms with Crippen molar-refractivity contribution < 1.29 is 9.59 Å². The topological polar surface area (TPSA) is 82.0 Å². The molecule has 0 aliphatic heterocycles. The second-order valence-corrected chi connectivity index (χ2v) is 5.88. The Kier molecular flexibility index (Phi) is 4.91. The minimum Gasteiger partial charge on any atom is -0.349 e. The van der Waals surface area contributed by atoms with Gasteiger partial charge in [0.2, 0.25) is 5.91 Å². The molecular weight excluding hydrogens is 314 g/mol. The van der Waals surface area contributed by atoms with Gasteiger partial charge < -0.3 is 10.6 Å². The second-order valence-electron chi connectivity index (χ2n) is 5.88. The maximum Gasteiger partial charge on any atom is 0.251 e. The summed E-state index contributed by atoms with van der Waals surface area (Å²) in [5.74, 6) is -0.322. The molecule has 2 amide bonds. The first kappa shape index (κ1) is 16.5. The number of nitriles is 1. The first-order valence-corrected chi connectivity index (χ1v) is 8.04. The van der Waals surface area contributed by atoms with Gasteiger partial charge in [0.25, 0.3) is 5.91 Å². The Labute approximate surface area is 146 Å². The van der Waals surface area contributed by atoms with Gasteiger partial charge in [0, 0.05) is 23.4 Å². The summed E-state index contributed by atoms with van der Waals surface area (Å²) < 4.78 is 0. The lowest BCUT2D eigenvalue weighted by Gasteiger charge is -2.03. The Morgan fingerprint density at radius 1 is 1.04 bits per heavy atom. The molecule has 0 unspecified atom stereocenters. The van der Waals surface area contributed by atoms with Gasteiger partial charge in [-0.05, 0) is 60.9 Å². The lowest BCUT2D eigenvalue weighted by atomic mass is 10.1. The molecule has 2 N–H and O–H groups in total. The molecular formula is C20H17N3O2. The third kappa shape index (κ3) is 4.79. The highest BCUT2D eigenvalue weighted by Crippen LogP contribution is 2.19. The molecule has 0 saturated heterocycles. The minimum atomic E-state index is -0.264. The second kappa shape index (κ2) is 7.45. The fraction of sp³-hybridized carbons (Fsp3) is 0.150. The van der Waals surface area contributed by atoms with Crippen LogP contribution in [0.25, 0.3) is 6.08 Å². The van der Waals surface area contributed by atoms with Crippen LogP contribution in [0.1, 0.15) is 34.3 Å². The molecule has 0 heterocycles. The Balaban J connectivity index is 1.56. The van der Waals surface area contributed by atoms with E-state index in [-0.39, 0.29) is 11.8 Å². The molecule has 5 heteroatoms. The number of benzene rings is 2. The molecule has 2 aromatic rings. The van der Waals surface area contributed by atoms with E-state index in [2.05, 4.69) is 10.6 Å². The van der Waals surface area contributed by atoms with Crippen molar-refractivity contribution in [1.29, 1.82) is 5.26 Å². The van der Waals surface area contributed by atoms with E-state index in [1.54, 1.807) is 54.6 Å². The summed E-state index contributed by atoms with van der Waals surface area (Å²) in [5, 5.41) is 14.4. The average Bonchev–Trinajstić information content (AvgIpc) is 3.45. The van der Waals surface area contributed by atoms with Crippen molar-refractivity contribution in [3.05, 3.63) is 71.3 Å². The maximum absolute atomic E-state index is 11.9. The van der Waals surface area contributed by atoms with Crippen LogP contribution in [0.3, 0.4) is 0 Å². The molecule has 2 aromatic carbocycles. The number of nitrogens with zero attached hydrogens (tertiary/aromatic N) is 1. The van der Waals surface area contributed by atoms with Gasteiger partial charge >= 0.3 is 0 Å². The van der Waals surface area contributed by atoms with E-state index in [4.69, 9.17) is 5.26 Å². The van der Waals surface area contributed by atoms with Crippen LogP contribution in [0.15, 0.2) is 54.6 Å². The predicted molar refractivity (Wildman–Crippen MR) is 95.8 cm³/mol. The van der Waals surface area contributed by atoms with Gasteiger partial charge in [-0.15, -0.1) is 0 Å². The van der Waals surface area contributed by atoms with Crippen LogP contribution in [-0.4, -0.2) is 17.9 Å². The SMILES string of the molecule is N#Cc1ccc(NC(=O)/C=C/c2ccc(C(=O)NC3CC3)cc2)cc1. The van der Waals surface area contributed by atoms with Crippen LogP contribution in [0.4, 0.5) is 5.69 Å². The molecule has 1 fully saturated rings. The number of carbonyl (C=O) groups is 2. The number of carbonyl (C=O) groups excluding carboxylic acids is 2. The third-order valence-corrected chi connectivity index (χ3v) is 3.79. The first-order chi connectivity index (χ1) is 12.1. The molecule has 0 atom stereocenters. The van der Waals surface area contributed by atoms with E-state index >= 15 is 0 Å². The van der Waals surface area contributed by atoms with Gasteiger partial charge in [-0.2, -0.15) is 5.26 Å². The van der Waals surface area contributed by atoms with Crippen molar-refractivity contribution in [1.82, 2.24) is 5.32 Å². The molecule has 3 rings (SSSR count). The molecule has 1 aliphatic rings. The predicted octanol–water partition coefficient (Wildman–Crippen LogP) is 3.10.